The van der Waals surface area contributed by atoms with Crippen LogP contribution in [0.1, 0.15) is 13.8 Å². The standard InChI is InChI=1S/C20H15NO3S/c1-12(22)21-16-9-5-6-10-18(16)25-19-11-17(24-13(2)23)14-7-3-4-8-15(14)20(19)21/h3-11H,1-2H3. The predicted octanol–water partition coefficient (Wildman–Crippen LogP) is 4.91. The van der Waals surface area contributed by atoms with Gasteiger partial charge in [0.15, 0.2) is 0 Å². The van der Waals surface area contributed by atoms with E-state index >= 15 is 0 Å². The maximum atomic E-state index is 12.5. The first-order chi connectivity index (χ1) is 12.1. The summed E-state index contributed by atoms with van der Waals surface area (Å²) in [5, 5.41) is 1.69. The Bertz CT molecular complexity index is 1030. The first-order valence-corrected chi connectivity index (χ1v) is 8.69. The van der Waals surface area contributed by atoms with Crippen molar-refractivity contribution in [2.45, 2.75) is 23.6 Å². The van der Waals surface area contributed by atoms with Crippen LogP contribution in [0.15, 0.2) is 64.4 Å². The monoisotopic (exact) mass is 349 g/mol. The van der Waals surface area contributed by atoms with Crippen LogP contribution in [0, 0.1) is 0 Å². The molecule has 4 nitrogen and oxygen atoms in total. The Kier molecular flexibility index (Phi) is 3.73. The van der Waals surface area contributed by atoms with Crippen molar-refractivity contribution in [3.8, 4) is 5.75 Å². The molecule has 1 amide bonds. The lowest BCUT2D eigenvalue weighted by Crippen LogP contribution is -2.26. The minimum atomic E-state index is -0.366. The zero-order valence-electron chi connectivity index (χ0n) is 13.8. The van der Waals surface area contributed by atoms with Gasteiger partial charge in [-0.25, -0.2) is 0 Å². The normalized spacial score (nSPS) is 12.5. The van der Waals surface area contributed by atoms with Gasteiger partial charge in [-0.1, -0.05) is 48.2 Å². The molecular formula is C20H15NO3S. The highest BCUT2D eigenvalue weighted by Crippen LogP contribution is 2.52. The van der Waals surface area contributed by atoms with E-state index in [0.29, 0.717) is 5.75 Å². The van der Waals surface area contributed by atoms with Crippen LogP contribution in [0.2, 0.25) is 0 Å². The molecule has 5 heteroatoms. The van der Waals surface area contributed by atoms with Crippen LogP contribution in [-0.4, -0.2) is 11.9 Å². The molecule has 0 radical (unpaired) electrons. The molecule has 0 spiro atoms. The summed E-state index contributed by atoms with van der Waals surface area (Å²) in [6.45, 7) is 2.95. The molecule has 0 aromatic heterocycles. The van der Waals surface area contributed by atoms with Gasteiger partial charge in [0.25, 0.3) is 0 Å². The van der Waals surface area contributed by atoms with Crippen LogP contribution in [0.25, 0.3) is 10.8 Å². The van der Waals surface area contributed by atoms with Gasteiger partial charge in [-0.2, -0.15) is 0 Å². The van der Waals surface area contributed by atoms with Crippen molar-refractivity contribution in [3.05, 3.63) is 54.6 Å². The number of nitrogens with zero attached hydrogens (tertiary/aromatic N) is 1. The Morgan fingerprint density at radius 3 is 2.32 bits per heavy atom. The Balaban J connectivity index is 2.05. The summed E-state index contributed by atoms with van der Waals surface area (Å²) in [6, 6.07) is 17.3. The zero-order chi connectivity index (χ0) is 17.6. The van der Waals surface area contributed by atoms with Crippen molar-refractivity contribution in [2.75, 3.05) is 4.90 Å². The number of rotatable bonds is 1. The smallest absolute Gasteiger partial charge is 0.308 e. The lowest BCUT2D eigenvalue weighted by atomic mass is 10.1. The van der Waals surface area contributed by atoms with Gasteiger partial charge < -0.3 is 4.74 Å². The number of benzene rings is 3. The van der Waals surface area contributed by atoms with Crippen LogP contribution in [0.4, 0.5) is 11.4 Å². The van der Waals surface area contributed by atoms with E-state index < -0.39 is 0 Å². The predicted molar refractivity (Wildman–Crippen MR) is 98.6 cm³/mol. The van der Waals surface area contributed by atoms with Crippen molar-refractivity contribution in [3.63, 3.8) is 0 Å². The van der Waals surface area contributed by atoms with Crippen LogP contribution in [-0.2, 0) is 9.59 Å². The zero-order valence-corrected chi connectivity index (χ0v) is 14.6. The van der Waals surface area contributed by atoms with Gasteiger partial charge in [-0.05, 0) is 18.2 Å². The molecule has 0 N–H and O–H groups in total. The number of ether oxygens (including phenoxy) is 1. The topological polar surface area (TPSA) is 46.6 Å². The molecule has 0 bridgehead atoms. The van der Waals surface area contributed by atoms with Crippen molar-refractivity contribution >= 4 is 45.8 Å². The van der Waals surface area contributed by atoms with Gasteiger partial charge in [0.2, 0.25) is 5.91 Å². The number of para-hydroxylation sites is 1. The van der Waals surface area contributed by atoms with Gasteiger partial charge in [0, 0.05) is 34.4 Å². The maximum absolute atomic E-state index is 12.5. The molecule has 1 heterocycles. The molecule has 0 aliphatic carbocycles. The summed E-state index contributed by atoms with van der Waals surface area (Å²) >= 11 is 1.57. The Morgan fingerprint density at radius 2 is 1.60 bits per heavy atom. The van der Waals surface area contributed by atoms with Crippen LogP contribution < -0.4 is 9.64 Å². The summed E-state index contributed by atoms with van der Waals surface area (Å²) in [5.74, 6) is 0.0892. The molecule has 0 saturated heterocycles. The van der Waals surface area contributed by atoms with E-state index in [1.807, 2.05) is 54.6 Å². The summed E-state index contributed by atoms with van der Waals surface area (Å²) < 4.78 is 5.42. The van der Waals surface area contributed by atoms with Crippen LogP contribution in [0.3, 0.4) is 0 Å². The molecule has 1 aliphatic heterocycles. The van der Waals surface area contributed by atoms with Crippen molar-refractivity contribution in [1.82, 2.24) is 0 Å². The molecule has 4 rings (SSSR count). The number of fused-ring (bicyclic) bond motifs is 4. The second kappa shape index (κ2) is 5.93. The second-order valence-electron chi connectivity index (χ2n) is 5.78. The Labute approximate surface area is 149 Å². The highest BCUT2D eigenvalue weighted by atomic mass is 32.2. The molecule has 0 unspecified atom stereocenters. The number of anilines is 2. The minimum absolute atomic E-state index is 0.0561. The second-order valence-corrected chi connectivity index (χ2v) is 6.87. The van der Waals surface area contributed by atoms with Gasteiger partial charge >= 0.3 is 5.97 Å². The number of carbonyl (C=O) groups is 2. The van der Waals surface area contributed by atoms with Crippen molar-refractivity contribution < 1.29 is 14.3 Å². The highest BCUT2D eigenvalue weighted by molar-refractivity contribution is 7.99. The van der Waals surface area contributed by atoms with E-state index in [4.69, 9.17) is 4.74 Å². The van der Waals surface area contributed by atoms with Gasteiger partial charge in [-0.15, -0.1) is 0 Å². The number of esters is 1. The molecule has 0 saturated carbocycles. The van der Waals surface area contributed by atoms with Gasteiger partial charge in [0.05, 0.1) is 11.4 Å². The minimum Gasteiger partial charge on any atom is -0.426 e. The van der Waals surface area contributed by atoms with E-state index in [9.17, 15) is 9.59 Å². The molecule has 3 aromatic rings. The number of hydrogen-bond acceptors (Lipinski definition) is 4. The Hall–Kier alpha value is -2.79. The third-order valence-electron chi connectivity index (χ3n) is 4.06. The number of carbonyl (C=O) groups excluding carboxylic acids is 2. The van der Waals surface area contributed by atoms with Gasteiger partial charge in [-0.3, -0.25) is 14.5 Å². The molecular weight excluding hydrogens is 334 g/mol. The van der Waals surface area contributed by atoms with E-state index in [2.05, 4.69) is 0 Å². The average molecular weight is 349 g/mol. The molecule has 3 aromatic carbocycles. The van der Waals surface area contributed by atoms with E-state index in [1.165, 1.54) is 6.92 Å². The number of hydrogen-bond donors (Lipinski definition) is 0. The summed E-state index contributed by atoms with van der Waals surface area (Å²) in [7, 11) is 0. The third-order valence-corrected chi connectivity index (χ3v) is 5.16. The van der Waals surface area contributed by atoms with E-state index in [0.717, 1.165) is 31.9 Å². The van der Waals surface area contributed by atoms with Crippen molar-refractivity contribution in [1.29, 1.82) is 0 Å². The molecule has 1 aliphatic rings. The summed E-state index contributed by atoms with van der Waals surface area (Å²) in [5.41, 5.74) is 1.71. The maximum Gasteiger partial charge on any atom is 0.308 e. The van der Waals surface area contributed by atoms with Crippen LogP contribution in [0.5, 0.6) is 5.75 Å². The molecule has 0 atom stereocenters. The fourth-order valence-corrected chi connectivity index (χ4v) is 4.26. The third kappa shape index (κ3) is 2.57. The average Bonchev–Trinajstić information content (AvgIpc) is 2.59. The van der Waals surface area contributed by atoms with E-state index in [1.54, 1.807) is 23.6 Å². The van der Waals surface area contributed by atoms with E-state index in [-0.39, 0.29) is 11.9 Å². The lowest BCUT2D eigenvalue weighted by Gasteiger charge is -2.31. The molecule has 124 valence electrons. The first kappa shape index (κ1) is 15.7. The Morgan fingerprint density at radius 1 is 0.920 bits per heavy atom. The van der Waals surface area contributed by atoms with Crippen LogP contribution >= 0.6 is 11.8 Å². The fourth-order valence-electron chi connectivity index (χ4n) is 3.14. The largest absolute Gasteiger partial charge is 0.426 e. The quantitative estimate of drug-likeness (QED) is 0.462. The van der Waals surface area contributed by atoms with Gasteiger partial charge in [0.1, 0.15) is 5.75 Å². The van der Waals surface area contributed by atoms with Crippen molar-refractivity contribution in [2.24, 2.45) is 0 Å². The molecule has 25 heavy (non-hydrogen) atoms. The first-order valence-electron chi connectivity index (χ1n) is 7.88. The summed E-state index contributed by atoms with van der Waals surface area (Å²) in [6.07, 6.45) is 0. The number of amides is 1. The highest BCUT2D eigenvalue weighted by Gasteiger charge is 2.29. The fraction of sp³-hybridized carbons (Fsp3) is 0.100. The SMILES string of the molecule is CC(=O)Oc1cc2c(c3ccccc13)N(C(C)=O)c1ccccc1S2. The summed E-state index contributed by atoms with van der Waals surface area (Å²) in [4.78, 5) is 27.6. The lowest BCUT2D eigenvalue weighted by molar-refractivity contribution is -0.131. The molecule has 0 fully saturated rings.